The largest absolute Gasteiger partial charge is 0.496 e. The van der Waals surface area contributed by atoms with Crippen LogP contribution < -0.4 is 4.74 Å². The fraction of sp³-hybridized carbons (Fsp3) is 0.462. The number of ether oxygens (including phenoxy) is 1. The first-order chi connectivity index (χ1) is 8.58. The molecule has 18 heavy (non-hydrogen) atoms. The highest BCUT2D eigenvalue weighted by Crippen LogP contribution is 2.25. The summed E-state index contributed by atoms with van der Waals surface area (Å²) in [6.07, 6.45) is 1.21. The van der Waals surface area contributed by atoms with Crippen LogP contribution in [0.15, 0.2) is 22.7 Å². The zero-order valence-corrected chi connectivity index (χ0v) is 12.9. The second-order valence-corrected chi connectivity index (χ2v) is 5.21. The third-order valence-corrected chi connectivity index (χ3v) is 3.49. The Bertz CT molecular complexity index is 412. The number of alkyl halides is 1. The highest BCUT2D eigenvalue weighted by molar-refractivity contribution is 9.10. The van der Waals surface area contributed by atoms with E-state index in [-0.39, 0.29) is 5.91 Å². The molecule has 0 unspecified atom stereocenters. The van der Waals surface area contributed by atoms with Gasteiger partial charge in [0.15, 0.2) is 0 Å². The Labute approximate surface area is 121 Å². The summed E-state index contributed by atoms with van der Waals surface area (Å²) in [5.74, 6) is 1.26. The maximum absolute atomic E-state index is 11.5. The van der Waals surface area contributed by atoms with Crippen LogP contribution in [0.3, 0.4) is 0 Å². The minimum Gasteiger partial charge on any atom is -0.496 e. The first kappa shape index (κ1) is 15.3. The van der Waals surface area contributed by atoms with E-state index in [9.17, 15) is 4.79 Å². The van der Waals surface area contributed by atoms with Crippen molar-refractivity contribution < 1.29 is 9.53 Å². The summed E-state index contributed by atoms with van der Waals surface area (Å²) in [6, 6.07) is 5.93. The number of carbonyl (C=O) groups is 1. The molecule has 1 amide bonds. The van der Waals surface area contributed by atoms with Gasteiger partial charge >= 0.3 is 0 Å². The fourth-order valence-electron chi connectivity index (χ4n) is 1.56. The highest BCUT2D eigenvalue weighted by Gasteiger charge is 2.08. The maximum atomic E-state index is 11.5. The van der Waals surface area contributed by atoms with Gasteiger partial charge in [0.2, 0.25) is 5.91 Å². The number of rotatable bonds is 6. The zero-order valence-electron chi connectivity index (χ0n) is 10.6. The number of methoxy groups -OCH3 is 1. The van der Waals surface area contributed by atoms with Gasteiger partial charge in [0.1, 0.15) is 5.75 Å². The van der Waals surface area contributed by atoms with Crippen LogP contribution in [-0.2, 0) is 11.2 Å². The molecule has 3 nitrogen and oxygen atoms in total. The van der Waals surface area contributed by atoms with Gasteiger partial charge in [-0.15, -0.1) is 11.6 Å². The zero-order chi connectivity index (χ0) is 13.5. The molecule has 0 aliphatic carbocycles. The van der Waals surface area contributed by atoms with Crippen LogP contribution in [0, 0.1) is 0 Å². The number of hydrogen-bond donors (Lipinski definition) is 0. The highest BCUT2D eigenvalue weighted by atomic mass is 79.9. The summed E-state index contributed by atoms with van der Waals surface area (Å²) in [4.78, 5) is 13.3. The smallest absolute Gasteiger partial charge is 0.223 e. The molecule has 1 aromatic carbocycles. The normalized spacial score (nSPS) is 10.2. The van der Waals surface area contributed by atoms with E-state index in [4.69, 9.17) is 16.3 Å². The molecule has 0 radical (unpaired) electrons. The second kappa shape index (κ2) is 7.64. The lowest BCUT2D eigenvalue weighted by Gasteiger charge is -2.16. The number of hydrogen-bond acceptors (Lipinski definition) is 2. The van der Waals surface area contributed by atoms with E-state index in [2.05, 4.69) is 15.9 Å². The van der Waals surface area contributed by atoms with E-state index < -0.39 is 0 Å². The maximum Gasteiger partial charge on any atom is 0.223 e. The van der Waals surface area contributed by atoms with Crippen molar-refractivity contribution in [2.75, 3.05) is 26.6 Å². The third-order valence-electron chi connectivity index (χ3n) is 2.69. The minimum atomic E-state index is 0.0811. The molecule has 0 aliphatic heterocycles. The fourth-order valence-corrected chi connectivity index (χ4v) is 2.31. The predicted molar refractivity (Wildman–Crippen MR) is 77.4 cm³/mol. The molecule has 0 fully saturated rings. The van der Waals surface area contributed by atoms with Crippen LogP contribution in [-0.4, -0.2) is 37.4 Å². The first-order valence-corrected chi connectivity index (χ1v) is 7.03. The monoisotopic (exact) mass is 333 g/mol. The van der Waals surface area contributed by atoms with Gasteiger partial charge in [0.25, 0.3) is 0 Å². The molecule has 1 aromatic rings. The Balaban J connectivity index is 2.53. The molecule has 5 heteroatoms. The lowest BCUT2D eigenvalue weighted by Crippen LogP contribution is -2.28. The summed E-state index contributed by atoms with van der Waals surface area (Å²) in [7, 11) is 3.44. The Morgan fingerprint density at radius 3 is 2.78 bits per heavy atom. The Morgan fingerprint density at radius 2 is 2.22 bits per heavy atom. The van der Waals surface area contributed by atoms with Crippen LogP contribution >= 0.6 is 27.5 Å². The summed E-state index contributed by atoms with van der Waals surface area (Å²) in [5, 5.41) is 0. The number of amides is 1. The van der Waals surface area contributed by atoms with Gasteiger partial charge in [-0.25, -0.2) is 0 Å². The molecule has 0 spiro atoms. The van der Waals surface area contributed by atoms with Crippen molar-refractivity contribution in [1.82, 2.24) is 4.90 Å². The van der Waals surface area contributed by atoms with E-state index in [1.165, 1.54) is 0 Å². The van der Waals surface area contributed by atoms with Gasteiger partial charge in [0, 0.05) is 25.9 Å². The average Bonchev–Trinajstić information content (AvgIpc) is 2.36. The van der Waals surface area contributed by atoms with Gasteiger partial charge in [-0.1, -0.05) is 6.07 Å². The summed E-state index contributed by atoms with van der Waals surface area (Å²) < 4.78 is 6.10. The van der Waals surface area contributed by atoms with Crippen molar-refractivity contribution >= 4 is 33.4 Å². The van der Waals surface area contributed by atoms with E-state index in [0.29, 0.717) is 18.8 Å². The van der Waals surface area contributed by atoms with Crippen molar-refractivity contribution in [2.45, 2.75) is 12.8 Å². The number of likely N-dealkylation sites (N-methyl/N-ethyl adjacent to an activating group) is 1. The molecular weight excluding hydrogens is 318 g/mol. The molecule has 0 saturated carbocycles. The van der Waals surface area contributed by atoms with Gasteiger partial charge in [0.05, 0.1) is 11.6 Å². The molecular formula is C13H17BrClNO2. The van der Waals surface area contributed by atoms with Gasteiger partial charge in [-0.2, -0.15) is 0 Å². The van der Waals surface area contributed by atoms with Gasteiger partial charge in [-0.05, 0) is 40.0 Å². The lowest BCUT2D eigenvalue weighted by atomic mass is 10.1. The van der Waals surface area contributed by atoms with Crippen LogP contribution in [0.4, 0.5) is 0 Å². The third kappa shape index (κ3) is 4.50. The molecule has 0 aliphatic rings. The average molecular weight is 335 g/mol. The van der Waals surface area contributed by atoms with E-state index in [1.54, 1.807) is 19.1 Å². The Hall–Kier alpha value is -0.740. The van der Waals surface area contributed by atoms with Crippen LogP contribution in [0.2, 0.25) is 0 Å². The number of benzene rings is 1. The Kier molecular flexibility index (Phi) is 6.50. The van der Waals surface area contributed by atoms with E-state index in [1.807, 2.05) is 18.2 Å². The number of halogens is 2. The molecule has 0 aromatic heterocycles. The second-order valence-electron chi connectivity index (χ2n) is 3.97. The molecule has 0 atom stereocenters. The topological polar surface area (TPSA) is 29.5 Å². The number of carbonyl (C=O) groups excluding carboxylic acids is 1. The molecule has 1 rings (SSSR count). The Morgan fingerprint density at radius 1 is 1.50 bits per heavy atom. The quantitative estimate of drug-likeness (QED) is 0.748. The predicted octanol–water partition coefficient (Wildman–Crippen LogP) is 3.09. The lowest BCUT2D eigenvalue weighted by molar-refractivity contribution is -0.129. The van der Waals surface area contributed by atoms with Crippen molar-refractivity contribution in [3.63, 3.8) is 0 Å². The molecule has 0 bridgehead atoms. The molecule has 0 N–H and O–H groups in total. The SMILES string of the molecule is COc1ccc(CCN(C)C(=O)CCCl)cc1Br. The summed E-state index contributed by atoms with van der Waals surface area (Å²) in [5.41, 5.74) is 1.16. The molecule has 0 heterocycles. The van der Waals surface area contributed by atoms with E-state index in [0.717, 1.165) is 22.2 Å². The van der Waals surface area contributed by atoms with Crippen LogP contribution in [0.5, 0.6) is 5.75 Å². The standard InChI is InChI=1S/C13H17BrClNO2/c1-16(13(17)5-7-15)8-6-10-3-4-12(18-2)11(14)9-10/h3-4,9H,5-8H2,1-2H3. The van der Waals surface area contributed by atoms with Crippen LogP contribution in [0.1, 0.15) is 12.0 Å². The van der Waals surface area contributed by atoms with Crippen molar-refractivity contribution in [3.05, 3.63) is 28.2 Å². The van der Waals surface area contributed by atoms with Crippen molar-refractivity contribution in [3.8, 4) is 5.75 Å². The molecule has 100 valence electrons. The number of nitrogens with zero attached hydrogens (tertiary/aromatic N) is 1. The first-order valence-electron chi connectivity index (χ1n) is 5.70. The van der Waals surface area contributed by atoms with Crippen LogP contribution in [0.25, 0.3) is 0 Å². The van der Waals surface area contributed by atoms with E-state index >= 15 is 0 Å². The molecule has 0 saturated heterocycles. The van der Waals surface area contributed by atoms with Gasteiger partial charge in [-0.3, -0.25) is 4.79 Å². The summed E-state index contributed by atoms with van der Waals surface area (Å²) in [6.45, 7) is 0.689. The van der Waals surface area contributed by atoms with Crippen molar-refractivity contribution in [1.29, 1.82) is 0 Å². The minimum absolute atomic E-state index is 0.0811. The van der Waals surface area contributed by atoms with Crippen molar-refractivity contribution in [2.24, 2.45) is 0 Å². The summed E-state index contributed by atoms with van der Waals surface area (Å²) >= 11 is 8.99. The van der Waals surface area contributed by atoms with Gasteiger partial charge < -0.3 is 9.64 Å².